The molecule has 0 atom stereocenters. The van der Waals surface area contributed by atoms with Gasteiger partial charge in [0, 0.05) is 11.6 Å². The molecule has 21 heavy (non-hydrogen) atoms. The summed E-state index contributed by atoms with van der Waals surface area (Å²) in [5, 5.41) is 12.5. The summed E-state index contributed by atoms with van der Waals surface area (Å²) in [6, 6.07) is 4.84. The second-order valence-corrected chi connectivity index (χ2v) is 5.55. The van der Waals surface area contributed by atoms with Crippen LogP contribution in [0.5, 0.6) is 0 Å². The lowest BCUT2D eigenvalue weighted by atomic mass is 9.83. The van der Waals surface area contributed by atoms with Crippen molar-refractivity contribution in [1.29, 1.82) is 0 Å². The van der Waals surface area contributed by atoms with Crippen LogP contribution in [0.3, 0.4) is 0 Å². The maximum Gasteiger partial charge on any atom is 0.337 e. The van der Waals surface area contributed by atoms with Gasteiger partial charge in [0.2, 0.25) is 0 Å². The van der Waals surface area contributed by atoms with Crippen LogP contribution in [-0.4, -0.2) is 16.1 Å². The zero-order valence-electron chi connectivity index (χ0n) is 11.3. The number of hydrogen-bond donors (Lipinski definition) is 2. The summed E-state index contributed by atoms with van der Waals surface area (Å²) in [5.41, 5.74) is 1.66. The zero-order valence-corrected chi connectivity index (χ0v) is 12.1. The Hall–Kier alpha value is -2.01. The number of rotatable bonds is 5. The van der Waals surface area contributed by atoms with Gasteiger partial charge in [-0.2, -0.15) is 0 Å². The first-order valence-corrected chi connectivity index (χ1v) is 7.22. The molecular formula is C15H15ClN2O3. The Labute approximate surface area is 126 Å². The number of oxazole rings is 1. The van der Waals surface area contributed by atoms with Gasteiger partial charge in [-0.05, 0) is 31.0 Å². The van der Waals surface area contributed by atoms with E-state index >= 15 is 0 Å². The molecule has 1 aliphatic rings. The van der Waals surface area contributed by atoms with E-state index in [4.69, 9.17) is 21.1 Å². The van der Waals surface area contributed by atoms with Gasteiger partial charge in [0.05, 0.1) is 17.1 Å². The van der Waals surface area contributed by atoms with Crippen molar-refractivity contribution in [2.45, 2.75) is 31.7 Å². The van der Waals surface area contributed by atoms with Crippen molar-refractivity contribution in [3.05, 3.63) is 46.6 Å². The number of carbonyl (C=O) groups is 1. The van der Waals surface area contributed by atoms with Crippen molar-refractivity contribution >= 4 is 23.3 Å². The molecule has 3 rings (SSSR count). The van der Waals surface area contributed by atoms with Gasteiger partial charge >= 0.3 is 5.97 Å². The van der Waals surface area contributed by atoms with Gasteiger partial charge in [0.15, 0.2) is 6.39 Å². The van der Waals surface area contributed by atoms with Crippen LogP contribution < -0.4 is 5.32 Å². The fourth-order valence-corrected chi connectivity index (χ4v) is 2.60. The highest BCUT2D eigenvalue weighted by molar-refractivity contribution is 6.33. The molecule has 0 unspecified atom stereocenters. The molecule has 0 bridgehead atoms. The Morgan fingerprint density at radius 2 is 2.29 bits per heavy atom. The van der Waals surface area contributed by atoms with Crippen molar-refractivity contribution in [2.75, 3.05) is 5.32 Å². The van der Waals surface area contributed by atoms with Gasteiger partial charge in [0.1, 0.15) is 11.5 Å². The van der Waals surface area contributed by atoms with Gasteiger partial charge in [0.25, 0.3) is 0 Å². The van der Waals surface area contributed by atoms with E-state index in [0.29, 0.717) is 18.2 Å². The number of hydrogen-bond acceptors (Lipinski definition) is 4. The minimum Gasteiger partial charge on any atom is -0.478 e. The van der Waals surface area contributed by atoms with Crippen molar-refractivity contribution < 1.29 is 14.3 Å². The number of anilines is 1. The summed E-state index contributed by atoms with van der Waals surface area (Å²) in [4.78, 5) is 15.3. The molecule has 0 radical (unpaired) electrons. The Morgan fingerprint density at radius 1 is 1.48 bits per heavy atom. The molecule has 1 saturated carbocycles. The first-order valence-electron chi connectivity index (χ1n) is 6.84. The fourth-order valence-electron chi connectivity index (χ4n) is 2.40. The summed E-state index contributed by atoms with van der Waals surface area (Å²) in [6.07, 6.45) is 4.99. The van der Waals surface area contributed by atoms with Crippen LogP contribution in [0.4, 0.5) is 5.69 Å². The smallest absolute Gasteiger partial charge is 0.337 e. The minimum absolute atomic E-state index is 0.0843. The largest absolute Gasteiger partial charge is 0.478 e. The highest BCUT2D eigenvalue weighted by Crippen LogP contribution is 2.37. The first-order chi connectivity index (χ1) is 10.1. The fraction of sp³-hybridized carbons (Fsp3) is 0.333. The number of aromatic nitrogens is 1. The van der Waals surface area contributed by atoms with E-state index in [0.717, 1.165) is 24.3 Å². The topological polar surface area (TPSA) is 75.4 Å². The van der Waals surface area contributed by atoms with Gasteiger partial charge in [-0.3, -0.25) is 0 Å². The second kappa shape index (κ2) is 5.77. The van der Waals surface area contributed by atoms with Crippen LogP contribution in [0.15, 0.2) is 29.0 Å². The van der Waals surface area contributed by atoms with E-state index in [1.54, 1.807) is 12.1 Å². The third-order valence-electron chi connectivity index (χ3n) is 3.81. The van der Waals surface area contributed by atoms with Crippen molar-refractivity contribution in [3.63, 3.8) is 0 Å². The Bertz CT molecular complexity index is 665. The molecule has 1 heterocycles. The van der Waals surface area contributed by atoms with Crippen LogP contribution in [-0.2, 0) is 6.54 Å². The molecule has 2 aromatic rings. The summed E-state index contributed by atoms with van der Waals surface area (Å²) in [5.74, 6) is 0.380. The van der Waals surface area contributed by atoms with Crippen molar-refractivity contribution in [2.24, 2.45) is 0 Å². The van der Waals surface area contributed by atoms with Gasteiger partial charge in [-0.1, -0.05) is 18.0 Å². The lowest BCUT2D eigenvalue weighted by molar-refractivity contribution is 0.0697. The SMILES string of the molecule is O=C(O)c1cc(NCc2ncoc2C2CCC2)ccc1Cl. The van der Waals surface area contributed by atoms with Crippen LogP contribution in [0.1, 0.15) is 47.0 Å². The van der Waals surface area contributed by atoms with Crippen molar-refractivity contribution in [3.8, 4) is 0 Å². The Morgan fingerprint density at radius 3 is 2.95 bits per heavy atom. The van der Waals surface area contributed by atoms with Crippen molar-refractivity contribution in [1.82, 2.24) is 4.98 Å². The number of nitrogens with zero attached hydrogens (tertiary/aromatic N) is 1. The monoisotopic (exact) mass is 306 g/mol. The normalized spacial score (nSPS) is 14.7. The number of halogens is 1. The molecule has 1 aromatic heterocycles. The number of aromatic carboxylic acids is 1. The van der Waals surface area contributed by atoms with Gasteiger partial charge in [-0.15, -0.1) is 0 Å². The zero-order chi connectivity index (χ0) is 14.8. The predicted molar refractivity (Wildman–Crippen MR) is 78.8 cm³/mol. The van der Waals surface area contributed by atoms with E-state index in [1.165, 1.54) is 18.9 Å². The Balaban J connectivity index is 1.72. The molecule has 6 heteroatoms. The lowest BCUT2D eigenvalue weighted by Crippen LogP contribution is -2.12. The van der Waals surface area contributed by atoms with Crippen LogP contribution in [0.2, 0.25) is 5.02 Å². The predicted octanol–water partition coefficient (Wildman–Crippen LogP) is 3.91. The average molecular weight is 307 g/mol. The van der Waals surface area contributed by atoms with Crippen LogP contribution in [0, 0.1) is 0 Å². The summed E-state index contributed by atoms with van der Waals surface area (Å²) in [6.45, 7) is 0.503. The van der Waals surface area contributed by atoms with E-state index in [1.807, 2.05) is 0 Å². The minimum atomic E-state index is -1.04. The van der Waals surface area contributed by atoms with Crippen LogP contribution in [0.25, 0.3) is 0 Å². The number of carboxylic acids is 1. The highest BCUT2D eigenvalue weighted by Gasteiger charge is 2.25. The van der Waals surface area contributed by atoms with E-state index in [2.05, 4.69) is 10.3 Å². The Kier molecular flexibility index (Phi) is 3.84. The first kappa shape index (κ1) is 13.9. The molecule has 5 nitrogen and oxygen atoms in total. The molecular weight excluding hydrogens is 292 g/mol. The summed E-state index contributed by atoms with van der Waals surface area (Å²) in [7, 11) is 0. The standard InChI is InChI=1S/C15H15ClN2O3/c16-12-5-4-10(6-11(12)15(19)20)17-7-13-14(21-8-18-13)9-2-1-3-9/h4-6,8-9,17H,1-3,7H2,(H,19,20). The summed E-state index contributed by atoms with van der Waals surface area (Å²) < 4.78 is 5.47. The molecule has 0 amide bonds. The van der Waals surface area contributed by atoms with Gasteiger partial charge < -0.3 is 14.8 Å². The molecule has 1 aliphatic carbocycles. The van der Waals surface area contributed by atoms with Crippen LogP contribution >= 0.6 is 11.6 Å². The van der Waals surface area contributed by atoms with E-state index < -0.39 is 5.97 Å². The average Bonchev–Trinajstić information content (AvgIpc) is 2.83. The highest BCUT2D eigenvalue weighted by atomic mass is 35.5. The maximum absolute atomic E-state index is 11.1. The molecule has 110 valence electrons. The van der Waals surface area contributed by atoms with Gasteiger partial charge in [-0.25, -0.2) is 9.78 Å². The molecule has 0 spiro atoms. The quantitative estimate of drug-likeness (QED) is 0.876. The molecule has 0 aliphatic heterocycles. The number of benzene rings is 1. The van der Waals surface area contributed by atoms with E-state index in [9.17, 15) is 4.79 Å². The molecule has 0 saturated heterocycles. The molecule has 1 aromatic carbocycles. The number of nitrogens with one attached hydrogen (secondary N) is 1. The molecule has 2 N–H and O–H groups in total. The number of carboxylic acid groups (broad SMARTS) is 1. The third kappa shape index (κ3) is 2.88. The summed E-state index contributed by atoms with van der Waals surface area (Å²) >= 11 is 5.85. The lowest BCUT2D eigenvalue weighted by Gasteiger charge is -2.23. The maximum atomic E-state index is 11.1. The molecule has 1 fully saturated rings. The van der Waals surface area contributed by atoms with E-state index in [-0.39, 0.29) is 10.6 Å². The third-order valence-corrected chi connectivity index (χ3v) is 4.13. The second-order valence-electron chi connectivity index (χ2n) is 5.14.